The number of fused-ring (bicyclic) bond motifs is 2. The summed E-state index contributed by atoms with van der Waals surface area (Å²) in [6, 6.07) is 4.10. The smallest absolute Gasteiger partial charge is 0.149 e. The van der Waals surface area contributed by atoms with Crippen LogP contribution in [0.2, 0.25) is 0 Å². The minimum absolute atomic E-state index is 0.229. The predicted molar refractivity (Wildman–Crippen MR) is 76.4 cm³/mol. The van der Waals surface area contributed by atoms with Crippen molar-refractivity contribution >= 4 is 16.6 Å². The summed E-state index contributed by atoms with van der Waals surface area (Å²) in [7, 11) is 0. The molecule has 1 aliphatic heterocycles. The molecule has 2 heterocycles. The quantitative estimate of drug-likeness (QED) is 0.910. The monoisotopic (exact) mass is 272 g/mol. The molecule has 1 N–H and O–H groups in total. The van der Waals surface area contributed by atoms with Crippen LogP contribution < -0.4 is 5.32 Å². The van der Waals surface area contributed by atoms with E-state index in [1.165, 1.54) is 12.8 Å². The molecular formula is C16H17FN2O. The maximum absolute atomic E-state index is 14.2. The van der Waals surface area contributed by atoms with Crippen LogP contribution in [0, 0.1) is 12.7 Å². The summed E-state index contributed by atoms with van der Waals surface area (Å²) in [6.07, 6.45) is 3.14. The van der Waals surface area contributed by atoms with Crippen LogP contribution in [-0.2, 0) is 17.8 Å². The highest BCUT2D eigenvalue weighted by molar-refractivity contribution is 5.94. The van der Waals surface area contributed by atoms with E-state index in [4.69, 9.17) is 4.74 Å². The Morgan fingerprint density at radius 3 is 3.00 bits per heavy atom. The largest absolute Gasteiger partial charge is 0.381 e. The average Bonchev–Trinajstić information content (AvgIpc) is 3.24. The number of nitrogens with one attached hydrogen (secondary N) is 1. The van der Waals surface area contributed by atoms with Gasteiger partial charge >= 0.3 is 0 Å². The van der Waals surface area contributed by atoms with Crippen LogP contribution in [0.25, 0.3) is 10.9 Å². The molecule has 4 heteroatoms. The maximum Gasteiger partial charge on any atom is 0.149 e. The highest BCUT2D eigenvalue weighted by Gasteiger charge is 2.26. The van der Waals surface area contributed by atoms with Gasteiger partial charge in [0.05, 0.1) is 24.6 Å². The van der Waals surface area contributed by atoms with E-state index in [9.17, 15) is 4.39 Å². The van der Waals surface area contributed by atoms with Crippen LogP contribution >= 0.6 is 0 Å². The van der Waals surface area contributed by atoms with Gasteiger partial charge in [-0.05, 0) is 37.5 Å². The van der Waals surface area contributed by atoms with Gasteiger partial charge in [0.15, 0.2) is 0 Å². The van der Waals surface area contributed by atoms with E-state index in [2.05, 4.69) is 10.3 Å². The first-order valence-corrected chi connectivity index (χ1v) is 7.18. The van der Waals surface area contributed by atoms with Crippen LogP contribution in [0.3, 0.4) is 0 Å². The molecule has 104 valence electrons. The second kappa shape index (κ2) is 4.42. The van der Waals surface area contributed by atoms with Gasteiger partial charge in [0.1, 0.15) is 11.3 Å². The minimum atomic E-state index is -0.229. The topological polar surface area (TPSA) is 34.2 Å². The molecule has 1 aromatic carbocycles. The standard InChI is InChI=1S/C16H17FN2O/c1-9-6-11-15(18-10-2-3-10)12-8-20-5-4-14(12)19-16(11)13(17)7-9/h6-7,10H,2-5,8H2,1H3,(H,18,19). The molecule has 2 aromatic rings. The number of rotatable bonds is 2. The van der Waals surface area contributed by atoms with Crippen LogP contribution in [0.15, 0.2) is 12.1 Å². The molecule has 0 radical (unpaired) electrons. The lowest BCUT2D eigenvalue weighted by molar-refractivity contribution is 0.110. The molecule has 1 saturated carbocycles. The van der Waals surface area contributed by atoms with Gasteiger partial charge in [0.25, 0.3) is 0 Å². The number of hydrogen-bond acceptors (Lipinski definition) is 3. The van der Waals surface area contributed by atoms with E-state index >= 15 is 0 Å². The van der Waals surface area contributed by atoms with Crippen molar-refractivity contribution in [2.75, 3.05) is 11.9 Å². The van der Waals surface area contributed by atoms with E-state index in [0.717, 1.165) is 34.3 Å². The first kappa shape index (κ1) is 12.1. The van der Waals surface area contributed by atoms with E-state index < -0.39 is 0 Å². The number of aryl methyl sites for hydroxylation is 1. The number of nitrogens with zero attached hydrogens (tertiary/aromatic N) is 1. The number of anilines is 1. The number of pyridine rings is 1. The molecule has 0 saturated heterocycles. The van der Waals surface area contributed by atoms with Crippen LogP contribution in [0.4, 0.5) is 10.1 Å². The SMILES string of the molecule is Cc1cc(F)c2nc3c(c(NC4CC4)c2c1)COCC3. The summed E-state index contributed by atoms with van der Waals surface area (Å²) in [4.78, 5) is 4.55. The van der Waals surface area contributed by atoms with E-state index in [0.29, 0.717) is 24.8 Å². The molecule has 1 aromatic heterocycles. The Balaban J connectivity index is 2.01. The molecular weight excluding hydrogens is 255 g/mol. The van der Waals surface area contributed by atoms with Crippen LogP contribution in [-0.4, -0.2) is 17.6 Å². The second-order valence-corrected chi connectivity index (χ2v) is 5.78. The highest BCUT2D eigenvalue weighted by Crippen LogP contribution is 2.36. The first-order chi connectivity index (χ1) is 9.72. The number of halogens is 1. The zero-order valence-corrected chi connectivity index (χ0v) is 11.5. The third-order valence-electron chi connectivity index (χ3n) is 4.03. The fourth-order valence-electron chi connectivity index (χ4n) is 2.85. The lowest BCUT2D eigenvalue weighted by Gasteiger charge is -2.22. The van der Waals surface area contributed by atoms with Crippen molar-refractivity contribution in [1.29, 1.82) is 0 Å². The number of ether oxygens (including phenoxy) is 1. The first-order valence-electron chi connectivity index (χ1n) is 7.18. The van der Waals surface area contributed by atoms with Gasteiger partial charge in [0, 0.05) is 23.4 Å². The Morgan fingerprint density at radius 2 is 2.20 bits per heavy atom. The molecule has 0 amide bonds. The second-order valence-electron chi connectivity index (χ2n) is 5.78. The van der Waals surface area contributed by atoms with Gasteiger partial charge < -0.3 is 10.1 Å². The lowest BCUT2D eigenvalue weighted by atomic mass is 10.0. The third kappa shape index (κ3) is 1.95. The summed E-state index contributed by atoms with van der Waals surface area (Å²) < 4.78 is 19.8. The fourth-order valence-corrected chi connectivity index (χ4v) is 2.85. The molecule has 0 spiro atoms. The van der Waals surface area contributed by atoms with Crippen molar-refractivity contribution in [3.63, 3.8) is 0 Å². The van der Waals surface area contributed by atoms with Gasteiger partial charge in [-0.25, -0.2) is 9.37 Å². The van der Waals surface area contributed by atoms with Crippen molar-refractivity contribution in [2.45, 2.75) is 38.8 Å². The van der Waals surface area contributed by atoms with E-state index in [1.54, 1.807) is 6.07 Å². The lowest BCUT2D eigenvalue weighted by Crippen LogP contribution is -2.16. The fraction of sp³-hybridized carbons (Fsp3) is 0.438. The van der Waals surface area contributed by atoms with E-state index in [-0.39, 0.29) is 5.82 Å². The van der Waals surface area contributed by atoms with Crippen molar-refractivity contribution < 1.29 is 9.13 Å². The normalized spacial score (nSPS) is 18.1. The van der Waals surface area contributed by atoms with Gasteiger partial charge in [-0.3, -0.25) is 0 Å². The zero-order chi connectivity index (χ0) is 13.7. The molecule has 4 rings (SSSR count). The van der Waals surface area contributed by atoms with Gasteiger partial charge in [-0.15, -0.1) is 0 Å². The predicted octanol–water partition coefficient (Wildman–Crippen LogP) is 3.33. The Kier molecular flexibility index (Phi) is 2.67. The summed E-state index contributed by atoms with van der Waals surface area (Å²) in [6.45, 7) is 3.16. The van der Waals surface area contributed by atoms with Crippen molar-refractivity contribution in [1.82, 2.24) is 4.98 Å². The molecule has 3 nitrogen and oxygen atoms in total. The average molecular weight is 272 g/mol. The Labute approximate surface area is 117 Å². The third-order valence-corrected chi connectivity index (χ3v) is 4.03. The molecule has 1 fully saturated rings. The van der Waals surface area contributed by atoms with E-state index in [1.807, 2.05) is 13.0 Å². The van der Waals surface area contributed by atoms with Crippen LogP contribution in [0.1, 0.15) is 29.7 Å². The summed E-state index contributed by atoms with van der Waals surface area (Å²) in [5, 5.41) is 4.44. The summed E-state index contributed by atoms with van der Waals surface area (Å²) in [5.41, 5.74) is 4.54. The zero-order valence-electron chi connectivity index (χ0n) is 11.5. The van der Waals surface area contributed by atoms with Gasteiger partial charge in [-0.2, -0.15) is 0 Å². The molecule has 20 heavy (non-hydrogen) atoms. The number of aromatic nitrogens is 1. The Bertz CT molecular complexity index is 695. The summed E-state index contributed by atoms with van der Waals surface area (Å²) >= 11 is 0. The van der Waals surface area contributed by atoms with Crippen LogP contribution in [0.5, 0.6) is 0 Å². The highest BCUT2D eigenvalue weighted by atomic mass is 19.1. The molecule has 1 aliphatic carbocycles. The van der Waals surface area contributed by atoms with Gasteiger partial charge in [-0.1, -0.05) is 0 Å². The van der Waals surface area contributed by atoms with Crippen molar-refractivity contribution in [2.24, 2.45) is 0 Å². The van der Waals surface area contributed by atoms with Gasteiger partial charge in [0.2, 0.25) is 0 Å². The molecule has 0 atom stereocenters. The Morgan fingerprint density at radius 1 is 1.35 bits per heavy atom. The minimum Gasteiger partial charge on any atom is -0.381 e. The number of hydrogen-bond donors (Lipinski definition) is 1. The molecule has 0 bridgehead atoms. The molecule has 2 aliphatic rings. The molecule has 0 unspecified atom stereocenters. The number of benzene rings is 1. The summed E-state index contributed by atoms with van der Waals surface area (Å²) in [5.74, 6) is -0.229. The van der Waals surface area contributed by atoms with Crippen molar-refractivity contribution in [3.05, 3.63) is 34.8 Å². The Hall–Kier alpha value is -1.68. The maximum atomic E-state index is 14.2. The van der Waals surface area contributed by atoms with Crippen molar-refractivity contribution in [3.8, 4) is 0 Å².